The third-order valence-electron chi connectivity index (χ3n) is 26.4. The van der Waals surface area contributed by atoms with Crippen molar-refractivity contribution in [2.24, 2.45) is 0 Å². The van der Waals surface area contributed by atoms with Gasteiger partial charge in [-0.1, -0.05) is 458 Å². The number of furan rings is 3. The molecule has 31 rings (SSSR count). The summed E-state index contributed by atoms with van der Waals surface area (Å²) < 4.78 is 765. The Hall–Kier alpha value is -17.8. The van der Waals surface area contributed by atoms with E-state index in [-0.39, 0.29) is 44.5 Å². The fourth-order valence-corrected chi connectivity index (χ4v) is 20.2. The molecule has 25 aromatic carbocycles. The molecule has 0 radical (unpaired) electrons. The summed E-state index contributed by atoms with van der Waals surface area (Å²) in [7, 11) is 0. The zero-order valence-electron chi connectivity index (χ0n) is 156. The van der Waals surface area contributed by atoms with Crippen molar-refractivity contribution in [3.05, 3.63) is 493 Å². The van der Waals surface area contributed by atoms with Crippen LogP contribution in [0, 0.1) is 0 Å². The lowest BCUT2D eigenvalue weighted by molar-refractivity contribution is 0.660. The van der Waals surface area contributed by atoms with Gasteiger partial charge in [0.05, 0.1) is 104 Å². The first-order valence-corrected chi connectivity index (χ1v) is 43.7. The summed E-state index contributed by atoms with van der Waals surface area (Å²) in [5.41, 5.74) is -26.0. The van der Waals surface area contributed by atoms with E-state index in [9.17, 15) is 41.1 Å². The molecule has 0 bridgehead atoms. The predicted molar refractivity (Wildman–Crippen MR) is 609 cm³/mol. The minimum Gasteiger partial charge on any atom is -0.455 e. The highest BCUT2D eigenvalue weighted by Crippen LogP contribution is 2.60. The Morgan fingerprint density at radius 3 is 0.861 bits per heavy atom. The summed E-state index contributed by atoms with van der Waals surface area (Å²) in [6.07, 6.45) is 0. The molecule has 676 valence electrons. The van der Waals surface area contributed by atoms with Crippen LogP contribution in [0.25, 0.3) is 274 Å². The van der Waals surface area contributed by atoms with Crippen LogP contribution in [0.5, 0.6) is 0 Å². The van der Waals surface area contributed by atoms with Crippen LogP contribution in [0.3, 0.4) is 0 Å². The van der Waals surface area contributed by atoms with E-state index in [1.54, 1.807) is 13.8 Å². The number of benzene rings is 25. The van der Waals surface area contributed by atoms with E-state index in [4.69, 9.17) is 84.5 Å². The molecule has 0 aliphatic heterocycles. The first-order chi connectivity index (χ1) is 105. The molecule has 3 aromatic heterocycles. The fourth-order valence-electron chi connectivity index (χ4n) is 20.2. The fraction of sp³-hybridized carbons (Fsp3) is 0.0638. The van der Waals surface area contributed by atoms with Gasteiger partial charge in [-0.15, -0.1) is 0 Å². The molecular weight excluding hydrogens is 1740 g/mol. The minimum absolute atomic E-state index is 0.00253. The molecule has 0 atom stereocenters. The number of rotatable bonds is 7. The maximum Gasteiger partial charge on any atom is 0.143 e. The molecule has 0 amide bonds. The van der Waals surface area contributed by atoms with Crippen molar-refractivity contribution in [2.45, 2.75) is 57.6 Å². The van der Waals surface area contributed by atoms with E-state index in [1.165, 1.54) is 13.8 Å². The summed E-state index contributed by atoms with van der Waals surface area (Å²) in [6, 6.07) is -68.1. The largest absolute Gasteiger partial charge is 0.455 e. The molecular formula is C141H94O3. The highest BCUT2D eigenvalue weighted by Gasteiger charge is 2.41. The van der Waals surface area contributed by atoms with Gasteiger partial charge in [-0.2, -0.15) is 0 Å². The van der Waals surface area contributed by atoms with Crippen molar-refractivity contribution in [2.75, 3.05) is 0 Å². The summed E-state index contributed by atoms with van der Waals surface area (Å²) in [5, 5.41) is -14.2. The standard InChI is InChI=1S/C51H34O.2C45H30O/c1-51(2)44-23-10-9-15-36(44)41-21-11-20-34(49(41)51)32-25-27-33(28-26-32)46-37-16-5-7-18-39(37)47(40-19-8-6-17-38(40)46)42-22-12-24-45-48(42)43-30-29-31-13-3-4-14-35(31)50(43)52-45;1-45(2)37-22-10-9-19-33(37)42-34(20-11-23-38(42)45)40-29-15-5-7-17-31(29)41(32-18-8-6-16-30(32)40)35-21-12-24-39-43(35)36-26-25-27-13-3-4-14-28(27)44(36)46-39;1-45(2)38-20-10-9-14-30(38)37-26-28(23-25-39(37)45)41-31-15-5-7-17-33(31)42(34-18-8-6-16-32(34)41)35-19-11-21-40-43(35)36-24-22-27-12-3-4-13-29(27)44(36)46-40/h3-30H,1-2H3;2*3-26H,1-2H3/i1D3,2D3,3D,4D,5D,6D,7D,8D,9D,10D,11D,12D,13D,14D,15D,16D,17D,18D,19D,20D,21D,22D,23D,24D,25D,26D,27D,28D,29D,30D;2*3D,4D,5D,6D,7D,8D,9D,10D,11D,12D,13D,14D,15D,16D,17D,18D,19D,20D,21D,22D,23D,24D,25D,26D. The number of hydrogen-bond donors (Lipinski definition) is 0. The maximum atomic E-state index is 9.92. The second kappa shape index (κ2) is 31.6. The normalized spacial score (nSPS) is 21.7. The van der Waals surface area contributed by atoms with Crippen molar-refractivity contribution in [1.29, 1.82) is 0 Å². The first-order valence-electron chi connectivity index (χ1n) is 84.7. The van der Waals surface area contributed by atoms with Gasteiger partial charge in [0, 0.05) is 72.9 Å². The molecule has 3 heterocycles. The topological polar surface area (TPSA) is 39.4 Å². The molecule has 0 unspecified atom stereocenters. The minimum atomic E-state index is -3.97. The van der Waals surface area contributed by atoms with Gasteiger partial charge in [0.1, 0.15) is 33.5 Å². The summed E-state index contributed by atoms with van der Waals surface area (Å²) in [5.74, 6) is 0. The Morgan fingerprint density at radius 2 is 0.444 bits per heavy atom. The van der Waals surface area contributed by atoms with Crippen LogP contribution in [-0.4, -0.2) is 0 Å². The van der Waals surface area contributed by atoms with Gasteiger partial charge in [-0.3, -0.25) is 0 Å². The van der Waals surface area contributed by atoms with Crippen LogP contribution >= 0.6 is 0 Å². The van der Waals surface area contributed by atoms with Crippen molar-refractivity contribution in [1.82, 2.24) is 0 Å². The molecule has 144 heavy (non-hydrogen) atoms. The van der Waals surface area contributed by atoms with E-state index >= 15 is 0 Å². The monoisotopic (exact) mass is 1920 g/mol. The zero-order chi connectivity index (χ0) is 167. The molecule has 3 nitrogen and oxygen atoms in total. The summed E-state index contributed by atoms with van der Waals surface area (Å²) in [4.78, 5) is 0. The lowest BCUT2D eigenvalue weighted by Gasteiger charge is -2.24. The van der Waals surface area contributed by atoms with E-state index in [2.05, 4.69) is 0 Å². The Morgan fingerprint density at radius 1 is 0.174 bits per heavy atom. The van der Waals surface area contributed by atoms with Crippen molar-refractivity contribution < 1.29 is 126 Å². The van der Waals surface area contributed by atoms with Gasteiger partial charge in [0.15, 0.2) is 0 Å². The molecule has 28 aromatic rings. The second-order valence-electron chi connectivity index (χ2n) is 34.5. The Kier molecular flexibility index (Phi) is 7.79. The molecule has 3 aliphatic carbocycles. The number of fused-ring (bicyclic) bond motifs is 30. The molecule has 0 N–H and O–H groups in total. The summed E-state index contributed by atoms with van der Waals surface area (Å²) >= 11 is 0. The van der Waals surface area contributed by atoms with Gasteiger partial charge in [0.25, 0.3) is 0 Å². The average Bonchev–Trinajstić information content (AvgIpc) is 1.48. The Labute approximate surface area is 948 Å². The highest BCUT2D eigenvalue weighted by molar-refractivity contribution is 6.32. The molecule has 3 heteroatoms. The van der Waals surface area contributed by atoms with Gasteiger partial charge in [-0.25, -0.2) is 0 Å². The lowest BCUT2D eigenvalue weighted by Crippen LogP contribution is -2.16. The van der Waals surface area contributed by atoms with Crippen LogP contribution in [-0.2, 0) is 16.2 Å². The van der Waals surface area contributed by atoms with Gasteiger partial charge < -0.3 is 13.3 Å². The van der Waals surface area contributed by atoms with E-state index in [0.717, 1.165) is 0 Å². The van der Waals surface area contributed by atoms with Gasteiger partial charge in [-0.05, 0) is 268 Å². The molecule has 0 saturated carbocycles. The molecule has 0 spiro atoms. The summed E-state index contributed by atoms with van der Waals surface area (Å²) in [6.45, 7) is -1.79. The van der Waals surface area contributed by atoms with Gasteiger partial charge >= 0.3 is 0 Å². The molecule has 0 saturated heterocycles. The van der Waals surface area contributed by atoms with E-state index in [0.29, 0.717) is 0 Å². The van der Waals surface area contributed by atoms with Crippen LogP contribution < -0.4 is 0 Å². The second-order valence-corrected chi connectivity index (χ2v) is 34.5. The Bertz CT molecular complexity index is 15400. The third-order valence-corrected chi connectivity index (χ3v) is 26.4. The Balaban J connectivity index is 0.000000144. The average molecular weight is 1920 g/mol. The van der Waals surface area contributed by atoms with Crippen LogP contribution in [0.15, 0.2) is 472 Å². The van der Waals surface area contributed by atoms with Crippen molar-refractivity contribution >= 4 is 163 Å². The smallest absolute Gasteiger partial charge is 0.143 e. The molecule has 0 fully saturated rings. The van der Waals surface area contributed by atoms with Crippen LogP contribution in [0.2, 0.25) is 0 Å². The lowest BCUT2D eigenvalue weighted by atomic mass is 9.78. The van der Waals surface area contributed by atoms with Crippen LogP contribution in [0.1, 0.15) is 187 Å². The van der Waals surface area contributed by atoms with Gasteiger partial charge in [0.2, 0.25) is 0 Å². The molecule has 3 aliphatic rings. The quantitative estimate of drug-likeness (QED) is 0.149. The number of hydrogen-bond acceptors (Lipinski definition) is 3. The zero-order valence-corrected chi connectivity index (χ0v) is 73.7. The SMILES string of the molecule is [2H]c1c([2H])c([2H])c2c(c1[2H])-c1c(-c3c4c([2H])c([2H])c([2H])c([2H])c4c(-c4c([2H])c([2H])c([2H])c5oc6c7c([2H])c([2H])c([2H])c([2H])c7c([2H])c([2H])c6c45)c4c([2H])c([2H])c([2H])c([2H])c34)c([2H])c([2H])c([2H])c1C2(C)C.[2H]c1c([2H])c([2H])c2c(c1[2H])-c1c([2H])c(-c3c4c([2H])c([2H])c([2H])c([2H])c4c(-c4c([2H])c([2H])c([2H])c5oc6c7c([2H])c([2H])c([2H])c([2H])c7c([2H])c([2H])c6c45)c4c([2H])c([2H])c([2H])c([2H])c34)c([2H])c([2H])c1C2(C)C.[2H]c1c([2H])c([2H])c2c(c1[2H])-c1c([2H])c([2H])c([2H])c(-c3c([2H])c([2H])c(-c4c5c([2H])c([2H])c([2H])c([2H])c5c(-c5c([2H])c([2H])c([2H])c6oc7c8c([2H])c([2H])c([2H])c([2H])c8c([2H])c([2H])c7c56)c5c([2H])c([2H])c([2H])c([2H])c45)c([2H])c3[2H])c1C2(C([2H])([2H])[2H])C([2H])([2H])[2H]. The van der Waals surface area contributed by atoms with E-state index in [1.807, 2.05) is 0 Å². The first kappa shape index (κ1) is 35.5. The van der Waals surface area contributed by atoms with E-state index < -0.39 is 752 Å². The highest BCUT2D eigenvalue weighted by atomic mass is 16.3. The third kappa shape index (κ3) is 12.1. The van der Waals surface area contributed by atoms with Crippen LogP contribution in [0.4, 0.5) is 0 Å². The van der Waals surface area contributed by atoms with Crippen molar-refractivity contribution in [3.8, 4) is 111 Å². The van der Waals surface area contributed by atoms with Crippen molar-refractivity contribution in [3.63, 3.8) is 0 Å². The maximum absolute atomic E-state index is 9.92. The predicted octanol–water partition coefficient (Wildman–Crippen LogP) is 39.7.